The molecule has 1 aromatic rings. The Morgan fingerprint density at radius 3 is 2.67 bits per heavy atom. The summed E-state index contributed by atoms with van der Waals surface area (Å²) in [6, 6.07) is 4.22. The topological polar surface area (TPSA) is 93.4 Å². The summed E-state index contributed by atoms with van der Waals surface area (Å²) in [4.78, 5) is 24.6. The molecule has 1 rings (SSSR count). The van der Waals surface area contributed by atoms with Crippen LogP contribution in [-0.4, -0.2) is 34.6 Å². The monoisotopic (exact) mass is 293 g/mol. The van der Waals surface area contributed by atoms with E-state index in [9.17, 15) is 14.0 Å². The van der Waals surface area contributed by atoms with Crippen molar-refractivity contribution < 1.29 is 19.1 Å². The molecule has 0 spiro atoms. The lowest BCUT2D eigenvalue weighted by atomic mass is 10.1. The highest BCUT2D eigenvalue weighted by Crippen LogP contribution is 2.18. The van der Waals surface area contributed by atoms with Crippen molar-refractivity contribution >= 4 is 17.7 Å². The van der Waals surface area contributed by atoms with E-state index in [2.05, 4.69) is 5.32 Å². The van der Waals surface area contributed by atoms with Crippen molar-refractivity contribution in [3.05, 3.63) is 29.6 Å². The van der Waals surface area contributed by atoms with Crippen LogP contribution >= 0.6 is 0 Å². The number of hydrogen-bond acceptors (Lipinski definition) is 3. The average Bonchev–Trinajstić information content (AvgIpc) is 2.38. The maximum Gasteiger partial charge on any atom is 0.337 e. The fourth-order valence-corrected chi connectivity index (χ4v) is 1.76. The van der Waals surface area contributed by atoms with E-state index in [0.717, 1.165) is 18.2 Å². The minimum atomic E-state index is -1.27. The van der Waals surface area contributed by atoms with Crippen molar-refractivity contribution in [1.82, 2.24) is 4.90 Å². The quantitative estimate of drug-likeness (QED) is 0.872. The van der Waals surface area contributed by atoms with E-state index in [1.165, 1.54) is 4.90 Å². The first kappa shape index (κ1) is 16.4. The van der Waals surface area contributed by atoms with E-state index in [-0.39, 0.29) is 30.3 Å². The van der Waals surface area contributed by atoms with Gasteiger partial charge in [0.2, 0.25) is 0 Å². The van der Waals surface area contributed by atoms with Crippen LogP contribution in [0.4, 0.5) is 14.9 Å². The molecule has 6 nitrogen and oxygen atoms in total. The summed E-state index contributed by atoms with van der Waals surface area (Å²) in [5.41, 5.74) is -0.316. The number of carboxylic acid groups (broad SMARTS) is 1. The van der Waals surface area contributed by atoms with Crippen LogP contribution in [0.5, 0.6) is 0 Å². The van der Waals surface area contributed by atoms with Crippen LogP contribution < -0.4 is 5.32 Å². The summed E-state index contributed by atoms with van der Waals surface area (Å²) in [7, 11) is 0. The number of benzene rings is 1. The standard InChI is InChI=1S/C14H16FN3O3/c1-9(2)18(7-3-6-16)14(21)17-12-8-10(15)4-5-11(12)13(19)20/h4-5,8-9H,3,7H2,1-2H3,(H,17,21)(H,19,20). The van der Waals surface area contributed by atoms with Crippen LogP contribution in [0.2, 0.25) is 0 Å². The SMILES string of the molecule is CC(C)N(CCC#N)C(=O)Nc1cc(F)ccc1C(=O)O. The molecule has 2 N–H and O–H groups in total. The lowest BCUT2D eigenvalue weighted by molar-refractivity contribution is 0.0698. The fourth-order valence-electron chi connectivity index (χ4n) is 1.76. The van der Waals surface area contributed by atoms with Gasteiger partial charge in [-0.25, -0.2) is 14.0 Å². The second-order valence-corrected chi connectivity index (χ2v) is 4.62. The van der Waals surface area contributed by atoms with Crippen molar-refractivity contribution in [3.63, 3.8) is 0 Å². The number of halogens is 1. The second kappa shape index (κ2) is 7.24. The largest absolute Gasteiger partial charge is 0.478 e. The van der Waals surface area contributed by atoms with Gasteiger partial charge in [-0.1, -0.05) is 0 Å². The Bertz CT molecular complexity index is 581. The number of rotatable bonds is 5. The van der Waals surface area contributed by atoms with Gasteiger partial charge in [-0.05, 0) is 32.0 Å². The molecule has 112 valence electrons. The molecule has 1 aromatic carbocycles. The van der Waals surface area contributed by atoms with Gasteiger partial charge in [0.1, 0.15) is 5.82 Å². The molecule has 0 bridgehead atoms. The number of nitrogens with one attached hydrogen (secondary N) is 1. The minimum absolute atomic E-state index is 0.116. The fraction of sp³-hybridized carbons (Fsp3) is 0.357. The zero-order valence-electron chi connectivity index (χ0n) is 11.8. The van der Waals surface area contributed by atoms with Crippen LogP contribution in [0, 0.1) is 17.1 Å². The first-order valence-corrected chi connectivity index (χ1v) is 6.34. The molecule has 0 atom stereocenters. The molecule has 0 fully saturated rings. The van der Waals surface area contributed by atoms with Crippen LogP contribution in [-0.2, 0) is 0 Å². The number of carbonyl (C=O) groups is 2. The van der Waals surface area contributed by atoms with Crippen molar-refractivity contribution in [2.24, 2.45) is 0 Å². The molecule has 7 heteroatoms. The van der Waals surface area contributed by atoms with E-state index >= 15 is 0 Å². The number of carbonyl (C=O) groups excluding carboxylic acids is 1. The lowest BCUT2D eigenvalue weighted by Gasteiger charge is -2.26. The molecule has 0 heterocycles. The van der Waals surface area contributed by atoms with E-state index in [1.54, 1.807) is 13.8 Å². The average molecular weight is 293 g/mol. The molecule has 0 unspecified atom stereocenters. The van der Waals surface area contributed by atoms with E-state index < -0.39 is 17.8 Å². The zero-order valence-corrected chi connectivity index (χ0v) is 11.8. The van der Waals surface area contributed by atoms with Gasteiger partial charge in [0.25, 0.3) is 0 Å². The molecule has 2 amide bonds. The van der Waals surface area contributed by atoms with Gasteiger partial charge >= 0.3 is 12.0 Å². The summed E-state index contributed by atoms with van der Waals surface area (Å²) in [5, 5.41) is 20.0. The van der Waals surface area contributed by atoms with Crippen molar-refractivity contribution in [1.29, 1.82) is 5.26 Å². The molecule has 0 aliphatic heterocycles. The number of amides is 2. The van der Waals surface area contributed by atoms with Gasteiger partial charge < -0.3 is 15.3 Å². The van der Waals surface area contributed by atoms with Crippen molar-refractivity contribution in [2.75, 3.05) is 11.9 Å². The third-order valence-electron chi connectivity index (χ3n) is 2.80. The maximum absolute atomic E-state index is 13.2. The number of nitriles is 1. The molecule has 0 radical (unpaired) electrons. The van der Waals surface area contributed by atoms with Crippen LogP contribution in [0.1, 0.15) is 30.6 Å². The minimum Gasteiger partial charge on any atom is -0.478 e. The van der Waals surface area contributed by atoms with Crippen molar-refractivity contribution in [2.45, 2.75) is 26.3 Å². The Morgan fingerprint density at radius 2 is 2.14 bits per heavy atom. The smallest absolute Gasteiger partial charge is 0.337 e. The molecule has 0 aliphatic carbocycles. The normalized spacial score (nSPS) is 10.0. The van der Waals surface area contributed by atoms with Gasteiger partial charge in [-0.2, -0.15) is 5.26 Å². The number of nitrogens with zero attached hydrogens (tertiary/aromatic N) is 2. The third-order valence-corrected chi connectivity index (χ3v) is 2.80. The highest BCUT2D eigenvalue weighted by atomic mass is 19.1. The molecule has 0 aliphatic rings. The highest BCUT2D eigenvalue weighted by Gasteiger charge is 2.19. The predicted octanol–water partition coefficient (Wildman–Crippen LogP) is 2.68. The summed E-state index contributed by atoms with van der Waals surface area (Å²) in [6.45, 7) is 3.74. The zero-order chi connectivity index (χ0) is 16.0. The maximum atomic E-state index is 13.2. The molecule has 21 heavy (non-hydrogen) atoms. The molecule has 0 saturated heterocycles. The summed E-state index contributed by atoms with van der Waals surface area (Å²) >= 11 is 0. The Labute approximate surface area is 121 Å². The first-order chi connectivity index (χ1) is 9.86. The number of urea groups is 1. The molecule has 0 aromatic heterocycles. The lowest BCUT2D eigenvalue weighted by Crippen LogP contribution is -2.40. The van der Waals surface area contributed by atoms with Gasteiger partial charge in [-0.15, -0.1) is 0 Å². The number of carboxylic acids is 1. The number of anilines is 1. The van der Waals surface area contributed by atoms with E-state index in [0.29, 0.717) is 0 Å². The summed E-state index contributed by atoms with van der Waals surface area (Å²) < 4.78 is 13.2. The number of aromatic carboxylic acids is 1. The number of hydrogen-bond donors (Lipinski definition) is 2. The summed E-state index contributed by atoms with van der Waals surface area (Å²) in [6.07, 6.45) is 0.153. The molecular weight excluding hydrogens is 277 g/mol. The van der Waals surface area contributed by atoms with Gasteiger partial charge in [0.15, 0.2) is 0 Å². The van der Waals surface area contributed by atoms with Crippen LogP contribution in [0.15, 0.2) is 18.2 Å². The van der Waals surface area contributed by atoms with Crippen LogP contribution in [0.3, 0.4) is 0 Å². The van der Waals surface area contributed by atoms with Crippen molar-refractivity contribution in [3.8, 4) is 6.07 Å². The Morgan fingerprint density at radius 1 is 1.48 bits per heavy atom. The summed E-state index contributed by atoms with van der Waals surface area (Å²) in [5.74, 6) is -1.91. The van der Waals surface area contributed by atoms with Crippen LogP contribution in [0.25, 0.3) is 0 Å². The molecular formula is C14H16FN3O3. The first-order valence-electron chi connectivity index (χ1n) is 6.34. The predicted molar refractivity (Wildman–Crippen MR) is 74.5 cm³/mol. The highest BCUT2D eigenvalue weighted by molar-refractivity contribution is 6.00. The Kier molecular flexibility index (Phi) is 5.67. The van der Waals surface area contributed by atoms with Gasteiger partial charge in [-0.3, -0.25) is 0 Å². The van der Waals surface area contributed by atoms with Gasteiger partial charge in [0, 0.05) is 12.6 Å². The Balaban J connectivity index is 2.98. The molecule has 0 saturated carbocycles. The van der Waals surface area contributed by atoms with Gasteiger partial charge in [0.05, 0.1) is 23.7 Å². The third kappa shape index (κ3) is 4.45. The van der Waals surface area contributed by atoms with E-state index in [1.807, 2.05) is 6.07 Å². The Hall–Kier alpha value is -2.62. The van der Waals surface area contributed by atoms with E-state index in [4.69, 9.17) is 10.4 Å². The second-order valence-electron chi connectivity index (χ2n) is 4.62.